The Morgan fingerprint density at radius 2 is 1.87 bits per heavy atom. The largest absolute Gasteiger partial charge is 0.339 e. The molecule has 0 aliphatic carbocycles. The summed E-state index contributed by atoms with van der Waals surface area (Å²) in [6.07, 6.45) is 8.18. The van der Waals surface area contributed by atoms with Gasteiger partial charge in [0.25, 0.3) is 5.91 Å². The van der Waals surface area contributed by atoms with Crippen molar-refractivity contribution in [2.75, 3.05) is 26.2 Å². The van der Waals surface area contributed by atoms with Crippen molar-refractivity contribution < 1.29 is 4.79 Å². The molecule has 0 saturated carbocycles. The summed E-state index contributed by atoms with van der Waals surface area (Å²) >= 11 is 0. The van der Waals surface area contributed by atoms with Gasteiger partial charge in [0.05, 0.1) is 0 Å². The number of nitrogens with zero attached hydrogens (tertiary/aromatic N) is 4. The Kier molecular flexibility index (Phi) is 3.99. The van der Waals surface area contributed by atoms with Gasteiger partial charge >= 0.3 is 0 Å². The zero-order chi connectivity index (χ0) is 15.6. The number of rotatable bonds is 2. The lowest BCUT2D eigenvalue weighted by atomic mass is 9.79. The van der Waals surface area contributed by atoms with Crippen LogP contribution in [0.3, 0.4) is 0 Å². The first kappa shape index (κ1) is 14.6. The van der Waals surface area contributed by atoms with Crippen molar-refractivity contribution in [3.05, 3.63) is 30.2 Å². The van der Waals surface area contributed by atoms with Gasteiger partial charge in [-0.1, -0.05) is 0 Å². The number of aromatic nitrogens is 3. The zero-order valence-corrected chi connectivity index (χ0v) is 13.3. The van der Waals surface area contributed by atoms with Gasteiger partial charge in [-0.05, 0) is 62.7 Å². The van der Waals surface area contributed by atoms with E-state index >= 15 is 0 Å². The second kappa shape index (κ2) is 6.28. The summed E-state index contributed by atoms with van der Waals surface area (Å²) in [6, 6.07) is 3.66. The molecule has 2 aliphatic rings. The predicted molar refractivity (Wildman–Crippen MR) is 87.2 cm³/mol. The van der Waals surface area contributed by atoms with E-state index in [4.69, 9.17) is 0 Å². The highest BCUT2D eigenvalue weighted by molar-refractivity contribution is 5.95. The number of carbonyl (C=O) groups excluding carboxylic acids is 1. The molecule has 6 nitrogen and oxygen atoms in total. The normalized spacial score (nSPS) is 21.0. The highest BCUT2D eigenvalue weighted by Gasteiger charge is 2.29. The topological polar surface area (TPSA) is 62.5 Å². The highest BCUT2D eigenvalue weighted by atomic mass is 16.2. The lowest BCUT2D eigenvalue weighted by Crippen LogP contribution is -2.42. The third kappa shape index (κ3) is 2.95. The van der Waals surface area contributed by atoms with Crippen molar-refractivity contribution in [1.82, 2.24) is 24.8 Å². The van der Waals surface area contributed by atoms with Crippen LogP contribution in [0.1, 0.15) is 36.0 Å². The van der Waals surface area contributed by atoms with Crippen LogP contribution in [-0.4, -0.2) is 51.6 Å². The van der Waals surface area contributed by atoms with E-state index in [1.807, 2.05) is 17.0 Å². The highest BCUT2D eigenvalue weighted by Crippen LogP contribution is 2.31. The number of piperidine rings is 2. The van der Waals surface area contributed by atoms with E-state index in [1.165, 1.54) is 19.2 Å². The Bertz CT molecular complexity index is 683. The van der Waals surface area contributed by atoms with Crippen LogP contribution in [0.4, 0.5) is 0 Å². The molecule has 0 unspecified atom stereocenters. The minimum Gasteiger partial charge on any atom is -0.339 e. The van der Waals surface area contributed by atoms with Crippen molar-refractivity contribution in [3.8, 4) is 0 Å². The van der Waals surface area contributed by atoms with E-state index in [9.17, 15) is 4.79 Å². The molecular weight excluding hydrogens is 290 g/mol. The smallest absolute Gasteiger partial charge is 0.254 e. The van der Waals surface area contributed by atoms with Gasteiger partial charge in [-0.2, -0.15) is 5.10 Å². The summed E-state index contributed by atoms with van der Waals surface area (Å²) in [4.78, 5) is 18.9. The second-order valence-electron chi connectivity index (χ2n) is 6.70. The molecule has 0 aromatic carbocycles. The van der Waals surface area contributed by atoms with Gasteiger partial charge in [-0.15, -0.1) is 0 Å². The molecular formula is C17H23N5O. The van der Waals surface area contributed by atoms with Crippen LogP contribution in [0.15, 0.2) is 24.7 Å². The number of pyridine rings is 1. The molecule has 23 heavy (non-hydrogen) atoms. The third-order valence-corrected chi connectivity index (χ3v) is 5.40. The van der Waals surface area contributed by atoms with E-state index < -0.39 is 0 Å². The van der Waals surface area contributed by atoms with E-state index in [2.05, 4.69) is 15.4 Å². The monoisotopic (exact) mass is 313 g/mol. The van der Waals surface area contributed by atoms with Crippen LogP contribution in [0.25, 0.3) is 5.65 Å². The fraction of sp³-hybridized carbons (Fsp3) is 0.588. The number of fused-ring (bicyclic) bond motifs is 1. The molecule has 1 N–H and O–H groups in total. The number of carbonyl (C=O) groups is 1. The van der Waals surface area contributed by atoms with Crippen LogP contribution in [0.2, 0.25) is 0 Å². The minimum absolute atomic E-state index is 0.124. The lowest BCUT2D eigenvalue weighted by molar-refractivity contribution is 0.0642. The van der Waals surface area contributed by atoms with Crippen molar-refractivity contribution in [3.63, 3.8) is 0 Å². The molecule has 6 heteroatoms. The molecule has 122 valence electrons. The Morgan fingerprint density at radius 1 is 1.13 bits per heavy atom. The number of nitrogens with one attached hydrogen (secondary N) is 1. The molecule has 2 aromatic rings. The molecule has 4 rings (SSSR count). The van der Waals surface area contributed by atoms with Gasteiger partial charge in [0, 0.05) is 24.8 Å². The molecule has 1 amide bonds. The van der Waals surface area contributed by atoms with Crippen LogP contribution in [0.5, 0.6) is 0 Å². The summed E-state index contributed by atoms with van der Waals surface area (Å²) in [5, 5.41) is 7.51. The Hall–Kier alpha value is -1.95. The quantitative estimate of drug-likeness (QED) is 0.914. The zero-order valence-electron chi connectivity index (χ0n) is 13.3. The molecule has 2 aliphatic heterocycles. The third-order valence-electron chi connectivity index (χ3n) is 5.40. The molecule has 0 atom stereocenters. The summed E-state index contributed by atoms with van der Waals surface area (Å²) in [5.41, 5.74) is 1.44. The van der Waals surface area contributed by atoms with Crippen LogP contribution in [-0.2, 0) is 0 Å². The molecule has 0 bridgehead atoms. The first-order valence-corrected chi connectivity index (χ1v) is 8.60. The summed E-state index contributed by atoms with van der Waals surface area (Å²) in [6.45, 7) is 4.07. The number of hydrogen-bond donors (Lipinski definition) is 1. The molecule has 0 spiro atoms. The maximum atomic E-state index is 12.7. The molecule has 2 saturated heterocycles. The Balaban J connectivity index is 1.40. The van der Waals surface area contributed by atoms with Crippen molar-refractivity contribution in [1.29, 1.82) is 0 Å². The average Bonchev–Trinajstić information content (AvgIpc) is 3.10. The first-order valence-electron chi connectivity index (χ1n) is 8.60. The van der Waals surface area contributed by atoms with E-state index in [0.717, 1.165) is 56.5 Å². The van der Waals surface area contributed by atoms with Crippen LogP contribution in [0, 0.1) is 11.8 Å². The standard InChI is InChI=1S/C17H23N5O/c23-17(15-5-10-22-16(11-15)19-12-20-22)21-8-3-14(4-9-21)13-1-6-18-7-2-13/h5,10-14,18H,1-4,6-9H2. The first-order chi connectivity index (χ1) is 11.3. The number of likely N-dealkylation sites (tertiary alicyclic amines) is 1. The van der Waals surface area contributed by atoms with Gasteiger partial charge in [-0.25, -0.2) is 9.50 Å². The van der Waals surface area contributed by atoms with E-state index in [-0.39, 0.29) is 5.91 Å². The predicted octanol–water partition coefficient (Wildman–Crippen LogP) is 1.58. The molecule has 2 aromatic heterocycles. The summed E-state index contributed by atoms with van der Waals surface area (Å²) in [7, 11) is 0. The van der Waals surface area contributed by atoms with Crippen molar-refractivity contribution >= 4 is 11.6 Å². The summed E-state index contributed by atoms with van der Waals surface area (Å²) in [5.74, 6) is 1.76. The van der Waals surface area contributed by atoms with Crippen molar-refractivity contribution in [2.45, 2.75) is 25.7 Å². The lowest BCUT2D eigenvalue weighted by Gasteiger charge is -2.37. The fourth-order valence-corrected chi connectivity index (χ4v) is 4.02. The second-order valence-corrected chi connectivity index (χ2v) is 6.70. The molecule has 2 fully saturated rings. The van der Waals surface area contributed by atoms with Gasteiger partial charge in [0.15, 0.2) is 5.65 Å². The summed E-state index contributed by atoms with van der Waals surface area (Å²) < 4.78 is 1.68. The van der Waals surface area contributed by atoms with Gasteiger partial charge < -0.3 is 10.2 Å². The maximum absolute atomic E-state index is 12.7. The average molecular weight is 313 g/mol. The van der Waals surface area contributed by atoms with Crippen molar-refractivity contribution in [2.24, 2.45) is 11.8 Å². The van der Waals surface area contributed by atoms with Crippen LogP contribution >= 0.6 is 0 Å². The van der Waals surface area contributed by atoms with Gasteiger partial charge in [-0.3, -0.25) is 4.79 Å². The fourth-order valence-electron chi connectivity index (χ4n) is 4.02. The number of amides is 1. The van der Waals surface area contributed by atoms with E-state index in [0.29, 0.717) is 5.56 Å². The SMILES string of the molecule is O=C(c1ccn2ncnc2c1)N1CCC(C2CCNCC2)CC1. The maximum Gasteiger partial charge on any atom is 0.254 e. The van der Waals surface area contributed by atoms with Gasteiger partial charge in [0.1, 0.15) is 6.33 Å². The van der Waals surface area contributed by atoms with Crippen LogP contribution < -0.4 is 5.32 Å². The Morgan fingerprint density at radius 3 is 2.65 bits per heavy atom. The number of hydrogen-bond acceptors (Lipinski definition) is 4. The molecule has 0 radical (unpaired) electrons. The minimum atomic E-state index is 0.124. The van der Waals surface area contributed by atoms with E-state index in [1.54, 1.807) is 10.7 Å². The van der Waals surface area contributed by atoms with Gasteiger partial charge in [0.2, 0.25) is 0 Å². The Labute approximate surface area is 135 Å². The molecule has 4 heterocycles.